The summed E-state index contributed by atoms with van der Waals surface area (Å²) in [5, 5.41) is 20.5. The molecule has 5 nitrogen and oxygen atoms in total. The van der Waals surface area contributed by atoms with Gasteiger partial charge in [-0.05, 0) is 42.0 Å². The van der Waals surface area contributed by atoms with Crippen LogP contribution in [-0.4, -0.2) is 38.5 Å². The Kier molecular flexibility index (Phi) is 5.57. The van der Waals surface area contributed by atoms with Crippen molar-refractivity contribution in [2.45, 2.75) is 35.5 Å². The summed E-state index contributed by atoms with van der Waals surface area (Å²) in [6.07, 6.45) is 1.06. The Morgan fingerprint density at radius 1 is 1.43 bits per heavy atom. The van der Waals surface area contributed by atoms with E-state index in [-0.39, 0.29) is 45.2 Å². The molecule has 0 aromatic carbocycles. The van der Waals surface area contributed by atoms with Crippen molar-refractivity contribution in [3.8, 4) is 0 Å². The zero-order valence-corrected chi connectivity index (χ0v) is 16.6. The second-order valence-corrected chi connectivity index (χ2v) is 8.85. The van der Waals surface area contributed by atoms with Gasteiger partial charge in [0.15, 0.2) is 0 Å². The molecule has 0 saturated carbocycles. The van der Waals surface area contributed by atoms with E-state index in [1.807, 2.05) is 0 Å². The lowest BCUT2D eigenvalue weighted by Crippen LogP contribution is -2.37. The minimum Gasteiger partial charge on any atom is -0.507 e. The number of rotatable bonds is 4. The van der Waals surface area contributed by atoms with Gasteiger partial charge in [-0.1, -0.05) is 11.6 Å². The molecule has 1 aliphatic carbocycles. The summed E-state index contributed by atoms with van der Waals surface area (Å²) in [7, 11) is 0. The molecule has 28 heavy (non-hydrogen) atoms. The number of hydrogen-bond donors (Lipinski definition) is 2. The topological polar surface area (TPSA) is 77.8 Å². The molecular weight excluding hydrogens is 439 g/mol. The Morgan fingerprint density at radius 3 is 2.71 bits per heavy atom. The molecule has 0 bridgehead atoms. The van der Waals surface area contributed by atoms with Crippen LogP contribution in [0.2, 0.25) is 0 Å². The van der Waals surface area contributed by atoms with Gasteiger partial charge in [0.1, 0.15) is 5.76 Å². The van der Waals surface area contributed by atoms with E-state index in [2.05, 4.69) is 0 Å². The third-order valence-corrected chi connectivity index (χ3v) is 6.50. The first kappa shape index (κ1) is 20.8. The van der Waals surface area contributed by atoms with E-state index < -0.39 is 23.4 Å². The van der Waals surface area contributed by atoms with E-state index >= 15 is 0 Å². The van der Waals surface area contributed by atoms with Crippen LogP contribution in [0.15, 0.2) is 49.4 Å². The number of nitrogens with zero attached hydrogens (tertiary/aromatic N) is 1. The maximum atomic E-state index is 13.0. The van der Waals surface area contributed by atoms with Crippen LogP contribution in [-0.2, 0) is 4.79 Å². The minimum absolute atomic E-state index is 0.0712. The Balaban J connectivity index is 1.97. The van der Waals surface area contributed by atoms with Crippen LogP contribution in [0.25, 0.3) is 0 Å². The zero-order chi connectivity index (χ0) is 20.8. The van der Waals surface area contributed by atoms with Crippen molar-refractivity contribution in [3.63, 3.8) is 0 Å². The van der Waals surface area contributed by atoms with Gasteiger partial charge in [0.05, 0.1) is 27.3 Å². The standard InChI is InChI=1S/C17H13ClF3NO4S2/c1-7-9(4-14(24)25)10-3-13(23)11(18)5-12(10)22(7)16(26)8-2-15(27-6-8)28-17(19,20)21/h2-3,6,12,23H,4-5H2,1H3,(H,24,25). The highest BCUT2D eigenvalue weighted by atomic mass is 35.5. The van der Waals surface area contributed by atoms with E-state index in [9.17, 15) is 33.0 Å². The summed E-state index contributed by atoms with van der Waals surface area (Å²) < 4.78 is 37.6. The van der Waals surface area contributed by atoms with Gasteiger partial charge in [-0.2, -0.15) is 13.2 Å². The summed E-state index contributed by atoms with van der Waals surface area (Å²) in [6.45, 7) is 1.57. The second kappa shape index (κ2) is 7.49. The maximum absolute atomic E-state index is 13.0. The van der Waals surface area contributed by atoms with Gasteiger partial charge in [-0.25, -0.2) is 0 Å². The molecule has 2 N–H and O–H groups in total. The molecule has 3 rings (SSSR count). The molecule has 1 aromatic heterocycles. The number of halogens is 4. The van der Waals surface area contributed by atoms with Crippen molar-refractivity contribution in [1.29, 1.82) is 0 Å². The Morgan fingerprint density at radius 2 is 2.11 bits per heavy atom. The molecule has 0 saturated heterocycles. The summed E-state index contributed by atoms with van der Waals surface area (Å²) >= 11 is 6.52. The van der Waals surface area contributed by atoms with Crippen molar-refractivity contribution < 1.29 is 33.0 Å². The average Bonchev–Trinajstić information content (AvgIpc) is 3.10. The quantitative estimate of drug-likeness (QED) is 0.609. The van der Waals surface area contributed by atoms with Gasteiger partial charge in [-0.15, -0.1) is 11.3 Å². The average molecular weight is 452 g/mol. The summed E-state index contributed by atoms with van der Waals surface area (Å²) in [5.41, 5.74) is -3.17. The van der Waals surface area contributed by atoms with Crippen molar-refractivity contribution in [2.24, 2.45) is 0 Å². The van der Waals surface area contributed by atoms with Crippen LogP contribution < -0.4 is 0 Å². The predicted octanol–water partition coefficient (Wildman–Crippen LogP) is 5.27. The molecule has 1 aliphatic heterocycles. The van der Waals surface area contributed by atoms with Gasteiger partial charge < -0.3 is 15.1 Å². The largest absolute Gasteiger partial charge is 0.507 e. The highest BCUT2D eigenvalue weighted by Gasteiger charge is 2.41. The lowest BCUT2D eigenvalue weighted by atomic mass is 9.92. The van der Waals surface area contributed by atoms with Crippen molar-refractivity contribution >= 4 is 46.6 Å². The molecule has 1 amide bonds. The first-order chi connectivity index (χ1) is 13.0. The molecule has 0 radical (unpaired) electrons. The number of fused-ring (bicyclic) bond motifs is 1. The smallest absolute Gasteiger partial charge is 0.447 e. The molecule has 11 heteroatoms. The molecule has 2 aliphatic rings. The van der Waals surface area contributed by atoms with Crippen LogP contribution in [0.3, 0.4) is 0 Å². The Labute approximate surface area is 170 Å². The number of amides is 1. The zero-order valence-electron chi connectivity index (χ0n) is 14.2. The third kappa shape index (κ3) is 4.08. The SMILES string of the molecule is CC1=C(CC(=O)O)C2=CC(O)=C(Cl)CC2N1C(=O)c1csc(SC(F)(F)F)c1. The van der Waals surface area contributed by atoms with E-state index in [4.69, 9.17) is 11.6 Å². The monoisotopic (exact) mass is 451 g/mol. The normalized spacial score (nSPS) is 19.8. The van der Waals surface area contributed by atoms with Crippen LogP contribution in [0, 0.1) is 0 Å². The third-order valence-electron chi connectivity index (χ3n) is 4.35. The van der Waals surface area contributed by atoms with E-state index in [1.165, 1.54) is 16.4 Å². The van der Waals surface area contributed by atoms with Crippen LogP contribution in [0.5, 0.6) is 0 Å². The number of carbonyl (C=O) groups excluding carboxylic acids is 1. The fourth-order valence-electron chi connectivity index (χ4n) is 3.22. The molecule has 2 heterocycles. The highest BCUT2D eigenvalue weighted by Crippen LogP contribution is 2.44. The van der Waals surface area contributed by atoms with E-state index in [0.29, 0.717) is 16.8 Å². The molecule has 150 valence electrons. The maximum Gasteiger partial charge on any atom is 0.447 e. The number of aliphatic carboxylic acids is 1. The number of allylic oxidation sites excluding steroid dienone is 2. The highest BCUT2D eigenvalue weighted by molar-refractivity contribution is 8.01. The van der Waals surface area contributed by atoms with Crippen molar-refractivity contribution in [3.05, 3.63) is 50.7 Å². The van der Waals surface area contributed by atoms with Gasteiger partial charge >= 0.3 is 11.5 Å². The lowest BCUT2D eigenvalue weighted by Gasteiger charge is -2.29. The number of carboxylic acid groups (broad SMARTS) is 1. The van der Waals surface area contributed by atoms with Crippen LogP contribution in [0.4, 0.5) is 13.2 Å². The van der Waals surface area contributed by atoms with Crippen molar-refractivity contribution in [2.75, 3.05) is 0 Å². The first-order valence-corrected chi connectivity index (χ1v) is 9.94. The number of carboxylic acids is 1. The fourth-order valence-corrected chi connectivity index (χ4v) is 5.07. The molecule has 0 spiro atoms. The number of aliphatic hydroxyl groups is 1. The number of hydrogen-bond acceptors (Lipinski definition) is 5. The van der Waals surface area contributed by atoms with Gasteiger partial charge in [0.2, 0.25) is 0 Å². The summed E-state index contributed by atoms with van der Waals surface area (Å²) in [6, 6.07) is 0.540. The van der Waals surface area contributed by atoms with Gasteiger partial charge in [-0.3, -0.25) is 9.59 Å². The Bertz CT molecular complexity index is 948. The van der Waals surface area contributed by atoms with E-state index in [0.717, 1.165) is 17.4 Å². The number of aliphatic hydroxyl groups excluding tert-OH is 1. The fraction of sp³-hybridized carbons (Fsp3) is 0.294. The van der Waals surface area contributed by atoms with E-state index in [1.54, 1.807) is 6.92 Å². The second-order valence-electron chi connectivity index (χ2n) is 6.12. The number of thiophene rings is 1. The Hall–Kier alpha value is -1.91. The minimum atomic E-state index is -4.46. The lowest BCUT2D eigenvalue weighted by molar-refractivity contribution is -0.136. The van der Waals surface area contributed by atoms with Crippen LogP contribution in [0.1, 0.15) is 30.1 Å². The summed E-state index contributed by atoms with van der Waals surface area (Å²) in [4.78, 5) is 25.6. The summed E-state index contributed by atoms with van der Waals surface area (Å²) in [5.74, 6) is -1.86. The number of carbonyl (C=O) groups is 2. The van der Waals surface area contributed by atoms with Gasteiger partial charge in [0, 0.05) is 17.5 Å². The van der Waals surface area contributed by atoms with Crippen LogP contribution >= 0.6 is 34.7 Å². The van der Waals surface area contributed by atoms with Gasteiger partial charge in [0.25, 0.3) is 5.91 Å². The molecule has 0 fully saturated rings. The first-order valence-electron chi connectivity index (χ1n) is 7.87. The molecule has 1 atom stereocenters. The number of alkyl halides is 3. The van der Waals surface area contributed by atoms with Crippen molar-refractivity contribution in [1.82, 2.24) is 4.90 Å². The molecule has 1 unspecified atom stereocenters. The molecule has 1 aromatic rings. The number of thioether (sulfide) groups is 1. The predicted molar refractivity (Wildman–Crippen MR) is 99.3 cm³/mol. The molecular formula is C17H13ClF3NO4S2.